The Bertz CT molecular complexity index is 643. The Hall–Kier alpha value is -2.56. The van der Waals surface area contributed by atoms with Crippen molar-refractivity contribution in [2.45, 2.75) is 39.8 Å². The molecule has 1 heterocycles. The lowest BCUT2D eigenvalue weighted by Crippen LogP contribution is -2.37. The average Bonchev–Trinajstić information content (AvgIpc) is 2.66. The van der Waals surface area contributed by atoms with Crippen LogP contribution in [-0.4, -0.2) is 24.0 Å². The minimum absolute atomic E-state index is 0.503. The molecule has 2 aromatic rings. The van der Waals surface area contributed by atoms with Crippen LogP contribution in [0, 0.1) is 0 Å². The molecule has 2 rings (SSSR count). The number of hydrogen-bond acceptors (Lipinski definition) is 3. The Kier molecular flexibility index (Phi) is 8.32. The van der Waals surface area contributed by atoms with Crippen LogP contribution in [0.2, 0.25) is 0 Å². The zero-order chi connectivity index (χ0) is 17.7. The van der Waals surface area contributed by atoms with Crippen LogP contribution in [0.4, 0.5) is 0 Å². The van der Waals surface area contributed by atoms with Crippen molar-refractivity contribution in [1.29, 1.82) is 0 Å². The number of nitrogens with one attached hydrogen (secondary N) is 2. The largest absolute Gasteiger partial charge is 0.473 e. The van der Waals surface area contributed by atoms with Crippen molar-refractivity contribution in [3.63, 3.8) is 0 Å². The third kappa shape index (κ3) is 6.83. The first-order valence-corrected chi connectivity index (χ1v) is 8.96. The molecule has 0 aliphatic rings. The molecule has 1 aromatic carbocycles. The number of guanidine groups is 1. The molecule has 0 aliphatic carbocycles. The van der Waals surface area contributed by atoms with E-state index in [2.05, 4.69) is 34.5 Å². The highest BCUT2D eigenvalue weighted by atomic mass is 16.5. The number of benzene rings is 1. The molecule has 0 unspecified atom stereocenters. The first-order valence-electron chi connectivity index (χ1n) is 8.96. The highest BCUT2D eigenvalue weighted by Gasteiger charge is 2.05. The van der Waals surface area contributed by atoms with E-state index in [-0.39, 0.29) is 0 Å². The number of pyridine rings is 1. The van der Waals surface area contributed by atoms with Crippen LogP contribution in [-0.2, 0) is 13.2 Å². The van der Waals surface area contributed by atoms with Gasteiger partial charge in [-0.1, -0.05) is 49.7 Å². The fraction of sp³-hybridized carbons (Fsp3) is 0.400. The fourth-order valence-corrected chi connectivity index (χ4v) is 2.29. The van der Waals surface area contributed by atoms with Gasteiger partial charge in [0.2, 0.25) is 5.88 Å². The van der Waals surface area contributed by atoms with Gasteiger partial charge in [0.1, 0.15) is 6.61 Å². The molecule has 0 atom stereocenters. The summed E-state index contributed by atoms with van der Waals surface area (Å²) in [6.07, 6.45) is 4.04. The lowest BCUT2D eigenvalue weighted by atomic mass is 10.2. The number of hydrogen-bond donors (Lipinski definition) is 2. The molecule has 1 aromatic heterocycles. The van der Waals surface area contributed by atoms with E-state index in [9.17, 15) is 0 Å². The van der Waals surface area contributed by atoms with Crippen molar-refractivity contribution in [2.24, 2.45) is 4.99 Å². The normalized spacial score (nSPS) is 11.2. The second-order valence-electron chi connectivity index (χ2n) is 5.72. The van der Waals surface area contributed by atoms with Gasteiger partial charge in [-0.2, -0.15) is 0 Å². The summed E-state index contributed by atoms with van der Waals surface area (Å²) < 4.78 is 5.89. The van der Waals surface area contributed by atoms with Gasteiger partial charge in [0, 0.05) is 24.8 Å². The highest BCUT2D eigenvalue weighted by Crippen LogP contribution is 2.17. The summed E-state index contributed by atoms with van der Waals surface area (Å²) >= 11 is 0. The maximum atomic E-state index is 5.89. The summed E-state index contributed by atoms with van der Waals surface area (Å²) in [5, 5.41) is 6.61. The van der Waals surface area contributed by atoms with Gasteiger partial charge in [0.25, 0.3) is 0 Å². The maximum absolute atomic E-state index is 5.89. The van der Waals surface area contributed by atoms with Crippen LogP contribution in [0.1, 0.15) is 37.8 Å². The first-order chi connectivity index (χ1) is 12.3. The molecule has 5 heteroatoms. The topological polar surface area (TPSA) is 58.5 Å². The van der Waals surface area contributed by atoms with E-state index in [0.717, 1.165) is 43.0 Å². The SMILES string of the molecule is CCCCNC(=NCc1cccnc1OCc1ccccc1)NCC. The molecule has 0 amide bonds. The van der Waals surface area contributed by atoms with Crippen LogP contribution in [0.25, 0.3) is 0 Å². The van der Waals surface area contributed by atoms with Gasteiger partial charge in [0.05, 0.1) is 6.54 Å². The maximum Gasteiger partial charge on any atom is 0.218 e. The Labute approximate surface area is 150 Å². The molecule has 5 nitrogen and oxygen atoms in total. The van der Waals surface area contributed by atoms with Crippen molar-refractivity contribution in [3.8, 4) is 5.88 Å². The Morgan fingerprint density at radius 3 is 2.68 bits per heavy atom. The van der Waals surface area contributed by atoms with Crippen molar-refractivity contribution in [1.82, 2.24) is 15.6 Å². The zero-order valence-electron chi connectivity index (χ0n) is 15.2. The molecular weight excluding hydrogens is 312 g/mol. The molecule has 0 aliphatic heterocycles. The average molecular weight is 340 g/mol. The van der Waals surface area contributed by atoms with Gasteiger partial charge in [-0.3, -0.25) is 0 Å². The van der Waals surface area contributed by atoms with E-state index in [0.29, 0.717) is 19.0 Å². The van der Waals surface area contributed by atoms with Crippen molar-refractivity contribution < 1.29 is 4.74 Å². The molecule has 134 valence electrons. The number of nitrogens with zero attached hydrogens (tertiary/aromatic N) is 2. The summed E-state index contributed by atoms with van der Waals surface area (Å²) in [6, 6.07) is 14.0. The smallest absolute Gasteiger partial charge is 0.218 e. The Morgan fingerprint density at radius 1 is 1.08 bits per heavy atom. The highest BCUT2D eigenvalue weighted by molar-refractivity contribution is 5.79. The summed E-state index contributed by atoms with van der Waals surface area (Å²) in [4.78, 5) is 9.01. The molecule has 0 saturated carbocycles. The Morgan fingerprint density at radius 2 is 1.92 bits per heavy atom. The van der Waals surface area contributed by atoms with Crippen LogP contribution in [0.5, 0.6) is 5.88 Å². The van der Waals surface area contributed by atoms with Crippen LogP contribution in [0.3, 0.4) is 0 Å². The van der Waals surface area contributed by atoms with E-state index < -0.39 is 0 Å². The molecule has 0 spiro atoms. The van der Waals surface area contributed by atoms with Gasteiger partial charge in [0.15, 0.2) is 5.96 Å². The van der Waals surface area contributed by atoms with Gasteiger partial charge < -0.3 is 15.4 Å². The number of aromatic nitrogens is 1. The fourth-order valence-electron chi connectivity index (χ4n) is 2.29. The Balaban J connectivity index is 1.99. The van der Waals surface area contributed by atoms with Crippen molar-refractivity contribution in [2.75, 3.05) is 13.1 Å². The third-order valence-corrected chi connectivity index (χ3v) is 3.64. The summed E-state index contributed by atoms with van der Waals surface area (Å²) in [6.45, 7) is 7.03. The van der Waals surface area contributed by atoms with E-state index in [4.69, 9.17) is 4.74 Å². The molecule has 0 fully saturated rings. The number of aliphatic imine (C=N–C) groups is 1. The standard InChI is InChI=1S/C20H28N4O/c1-3-5-13-23-20(21-4-2)24-15-18-12-9-14-22-19(18)25-16-17-10-7-6-8-11-17/h6-12,14H,3-5,13,15-16H2,1-2H3,(H2,21,23,24). The van der Waals surface area contributed by atoms with Gasteiger partial charge in [-0.25, -0.2) is 9.98 Å². The first kappa shape index (κ1) is 18.8. The van der Waals surface area contributed by atoms with Gasteiger partial charge in [-0.05, 0) is 25.0 Å². The van der Waals surface area contributed by atoms with Crippen LogP contribution >= 0.6 is 0 Å². The van der Waals surface area contributed by atoms with Crippen LogP contribution < -0.4 is 15.4 Å². The van der Waals surface area contributed by atoms with E-state index >= 15 is 0 Å². The van der Waals surface area contributed by atoms with E-state index in [1.165, 1.54) is 0 Å². The van der Waals surface area contributed by atoms with E-state index in [1.54, 1.807) is 6.20 Å². The molecule has 25 heavy (non-hydrogen) atoms. The lowest BCUT2D eigenvalue weighted by Gasteiger charge is -2.12. The zero-order valence-corrected chi connectivity index (χ0v) is 15.2. The van der Waals surface area contributed by atoms with Crippen molar-refractivity contribution in [3.05, 3.63) is 59.8 Å². The second-order valence-corrected chi connectivity index (χ2v) is 5.72. The molecule has 0 radical (unpaired) electrons. The predicted octanol–water partition coefficient (Wildman–Crippen LogP) is 3.52. The van der Waals surface area contributed by atoms with Gasteiger partial charge >= 0.3 is 0 Å². The number of unbranched alkanes of at least 4 members (excludes halogenated alkanes) is 1. The quantitative estimate of drug-likeness (QED) is 0.417. The van der Waals surface area contributed by atoms with Crippen molar-refractivity contribution >= 4 is 5.96 Å². The number of ether oxygens (including phenoxy) is 1. The summed E-state index contributed by atoms with van der Waals surface area (Å²) in [5.74, 6) is 1.47. The van der Waals surface area contributed by atoms with E-state index in [1.807, 2.05) is 42.5 Å². The van der Waals surface area contributed by atoms with Crippen LogP contribution in [0.15, 0.2) is 53.7 Å². The second kappa shape index (κ2) is 11.1. The van der Waals surface area contributed by atoms with Gasteiger partial charge in [-0.15, -0.1) is 0 Å². The molecule has 0 saturated heterocycles. The minimum atomic E-state index is 0.503. The third-order valence-electron chi connectivity index (χ3n) is 3.64. The molecule has 2 N–H and O–H groups in total. The summed E-state index contributed by atoms with van der Waals surface area (Å²) in [5.41, 5.74) is 2.10. The monoisotopic (exact) mass is 340 g/mol. The predicted molar refractivity (Wildman–Crippen MR) is 103 cm³/mol. The molecule has 0 bridgehead atoms. The summed E-state index contributed by atoms with van der Waals surface area (Å²) in [7, 11) is 0. The minimum Gasteiger partial charge on any atom is -0.473 e. The number of rotatable bonds is 9. The lowest BCUT2D eigenvalue weighted by molar-refractivity contribution is 0.290. The molecular formula is C20H28N4O.